The maximum Gasteiger partial charge on any atom is 0.472 e. The van der Waals surface area contributed by atoms with Gasteiger partial charge in [0.1, 0.15) is 19.3 Å². The number of nitrogens with one attached hydrogen (secondary N) is 1. The SMILES string of the molecule is CCCCC/C=C\C/C=C\C/C=C\CCCCCCCCCCC(=O)OC(/C=C/CCCCCCCCCCCC)C(COP(=O)(O)OCC[N+](C)(C)C)NC(=O)CCCCCCCCCCCCCCCCCCCCCCCCCCCCC. The molecule has 3 atom stereocenters. The minimum absolute atomic E-state index is 0.0406. The summed E-state index contributed by atoms with van der Waals surface area (Å²) >= 11 is 0. The van der Waals surface area contributed by atoms with Crippen molar-refractivity contribution in [2.45, 2.75) is 386 Å². The largest absolute Gasteiger partial charge is 0.472 e. The molecule has 0 rings (SSSR count). The number of hydrogen-bond acceptors (Lipinski definition) is 6. The predicted octanol–water partition coefficient (Wildman–Crippen LogP) is 24.0. The zero-order valence-corrected chi connectivity index (χ0v) is 59.0. The first-order valence-electron chi connectivity index (χ1n) is 37.5. The molecule has 0 aliphatic heterocycles. The lowest BCUT2D eigenvalue weighted by Gasteiger charge is -2.27. The summed E-state index contributed by atoms with van der Waals surface area (Å²) in [5.74, 6) is -0.495. The van der Waals surface area contributed by atoms with E-state index in [2.05, 4.69) is 62.5 Å². The van der Waals surface area contributed by atoms with Crippen LogP contribution in [-0.2, 0) is 27.9 Å². The van der Waals surface area contributed by atoms with Gasteiger partial charge >= 0.3 is 13.8 Å². The molecule has 0 aliphatic rings. The lowest BCUT2D eigenvalue weighted by atomic mass is 10.0. The second-order valence-corrected chi connectivity index (χ2v) is 28.3. The summed E-state index contributed by atoms with van der Waals surface area (Å²) in [7, 11) is 1.51. The zero-order chi connectivity index (χ0) is 62.8. The summed E-state index contributed by atoms with van der Waals surface area (Å²) in [6.07, 6.45) is 84.2. The summed E-state index contributed by atoms with van der Waals surface area (Å²) in [5, 5.41) is 3.08. The van der Waals surface area contributed by atoms with Gasteiger partial charge in [-0.1, -0.05) is 339 Å². The van der Waals surface area contributed by atoms with Crippen LogP contribution < -0.4 is 5.32 Å². The number of carbonyl (C=O) groups is 2. The highest BCUT2D eigenvalue weighted by molar-refractivity contribution is 7.47. The second-order valence-electron chi connectivity index (χ2n) is 26.8. The standard InChI is InChI=1S/C76H145N2O7P/c1-7-10-13-16-19-22-25-28-30-32-34-36-37-38-39-40-41-43-44-46-48-50-53-56-59-62-65-68-75(79)77-73(72-84-86(81,82)83-71-70-78(4,5)6)74(67-64-61-58-55-52-27-24-21-18-15-12-9-3)85-76(80)69-66-63-60-57-54-51-49-47-45-42-35-33-31-29-26-23-20-17-14-11-8-2/h20,23,29,31,35,42,64,67,73-74H,7-19,21-22,24-28,30,32-34,36-41,43-63,65-66,68-72H2,1-6H3,(H-,77,79,81,82)/p+1/b23-20-,31-29-,42-35-,67-64+. The van der Waals surface area contributed by atoms with Crippen molar-refractivity contribution in [1.29, 1.82) is 0 Å². The van der Waals surface area contributed by atoms with Crippen LogP contribution in [0, 0.1) is 0 Å². The number of hydrogen-bond donors (Lipinski definition) is 2. The molecule has 10 heteroatoms. The van der Waals surface area contributed by atoms with E-state index in [0.29, 0.717) is 17.4 Å². The van der Waals surface area contributed by atoms with Crippen LogP contribution in [0.15, 0.2) is 48.6 Å². The molecule has 3 unspecified atom stereocenters. The molecular formula is C76H146N2O7P+. The van der Waals surface area contributed by atoms with Gasteiger partial charge in [0, 0.05) is 12.8 Å². The topological polar surface area (TPSA) is 111 Å². The van der Waals surface area contributed by atoms with Gasteiger partial charge in [-0.15, -0.1) is 0 Å². The zero-order valence-electron chi connectivity index (χ0n) is 58.1. The number of rotatable bonds is 69. The average Bonchev–Trinajstić information content (AvgIpc) is 3.69. The predicted molar refractivity (Wildman–Crippen MR) is 374 cm³/mol. The maximum atomic E-state index is 13.6. The number of allylic oxidation sites excluding steroid dienone is 7. The normalized spacial score (nSPS) is 13.7. The molecule has 0 saturated carbocycles. The fourth-order valence-electron chi connectivity index (χ4n) is 11.2. The van der Waals surface area contributed by atoms with Crippen LogP contribution >= 0.6 is 7.82 Å². The van der Waals surface area contributed by atoms with E-state index in [-0.39, 0.29) is 31.5 Å². The van der Waals surface area contributed by atoms with Crippen LogP contribution in [-0.4, -0.2) is 74.3 Å². The Labute approximate surface area is 535 Å². The van der Waals surface area contributed by atoms with Crippen molar-refractivity contribution < 1.29 is 37.3 Å². The van der Waals surface area contributed by atoms with E-state index in [0.717, 1.165) is 83.5 Å². The van der Waals surface area contributed by atoms with E-state index >= 15 is 0 Å². The number of ether oxygens (including phenoxy) is 1. The van der Waals surface area contributed by atoms with Crippen molar-refractivity contribution in [2.75, 3.05) is 40.9 Å². The third kappa shape index (κ3) is 66.4. The van der Waals surface area contributed by atoms with E-state index in [9.17, 15) is 19.0 Å². The Morgan fingerprint density at radius 3 is 1.08 bits per heavy atom. The van der Waals surface area contributed by atoms with E-state index in [1.807, 2.05) is 33.3 Å². The maximum absolute atomic E-state index is 13.6. The third-order valence-corrected chi connectivity index (χ3v) is 18.0. The van der Waals surface area contributed by atoms with Gasteiger partial charge in [0.25, 0.3) is 0 Å². The van der Waals surface area contributed by atoms with Crippen LogP contribution in [0.4, 0.5) is 0 Å². The van der Waals surface area contributed by atoms with Crippen molar-refractivity contribution in [3.8, 4) is 0 Å². The quantitative estimate of drug-likeness (QED) is 0.0205. The Bertz CT molecular complexity index is 1610. The van der Waals surface area contributed by atoms with E-state index in [1.54, 1.807) is 0 Å². The Kier molecular flexibility index (Phi) is 64.4. The van der Waals surface area contributed by atoms with Gasteiger partial charge in [-0.05, 0) is 70.3 Å². The van der Waals surface area contributed by atoms with Crippen LogP contribution in [0.1, 0.15) is 374 Å². The number of unbranched alkanes of at least 4 members (excludes halogenated alkanes) is 47. The average molecular weight is 1230 g/mol. The Morgan fingerprint density at radius 2 is 0.709 bits per heavy atom. The number of likely N-dealkylation sites (N-methyl/N-ethyl adjacent to an activating group) is 1. The number of amides is 1. The number of esters is 1. The second kappa shape index (κ2) is 65.9. The molecule has 0 aliphatic carbocycles. The van der Waals surface area contributed by atoms with Crippen molar-refractivity contribution in [3.63, 3.8) is 0 Å². The molecule has 506 valence electrons. The molecule has 1 amide bonds. The van der Waals surface area contributed by atoms with Crippen molar-refractivity contribution in [2.24, 2.45) is 0 Å². The first-order valence-corrected chi connectivity index (χ1v) is 39.0. The Hall–Kier alpha value is -2.03. The molecule has 86 heavy (non-hydrogen) atoms. The molecule has 0 radical (unpaired) electrons. The first kappa shape index (κ1) is 84.0. The molecule has 0 saturated heterocycles. The van der Waals surface area contributed by atoms with Gasteiger partial charge in [0.15, 0.2) is 0 Å². The lowest BCUT2D eigenvalue weighted by molar-refractivity contribution is -0.870. The molecular weight excluding hydrogens is 1080 g/mol. The van der Waals surface area contributed by atoms with Crippen LogP contribution in [0.2, 0.25) is 0 Å². The summed E-state index contributed by atoms with van der Waals surface area (Å²) in [4.78, 5) is 37.9. The van der Waals surface area contributed by atoms with Crippen LogP contribution in [0.5, 0.6) is 0 Å². The van der Waals surface area contributed by atoms with E-state index in [4.69, 9.17) is 13.8 Å². The van der Waals surface area contributed by atoms with E-state index in [1.165, 1.54) is 257 Å². The van der Waals surface area contributed by atoms with Gasteiger partial charge in [-0.25, -0.2) is 4.57 Å². The molecule has 0 heterocycles. The van der Waals surface area contributed by atoms with Gasteiger partial charge in [0.05, 0.1) is 33.8 Å². The fraction of sp³-hybridized carbons (Fsp3) is 0.868. The van der Waals surface area contributed by atoms with Crippen molar-refractivity contribution >= 4 is 19.7 Å². The number of phosphoric ester groups is 1. The molecule has 0 aromatic carbocycles. The summed E-state index contributed by atoms with van der Waals surface area (Å²) < 4.78 is 30.9. The number of phosphoric acid groups is 1. The molecule has 0 spiro atoms. The molecule has 0 bridgehead atoms. The molecule has 9 nitrogen and oxygen atoms in total. The summed E-state index contributed by atoms with van der Waals surface area (Å²) in [6, 6.07) is -0.850. The number of carbonyl (C=O) groups excluding carboxylic acids is 2. The lowest BCUT2D eigenvalue weighted by Crippen LogP contribution is -2.47. The molecule has 2 N–H and O–H groups in total. The Balaban J connectivity index is 4.97. The summed E-state index contributed by atoms with van der Waals surface area (Å²) in [6.45, 7) is 7.04. The smallest absolute Gasteiger partial charge is 0.456 e. The third-order valence-electron chi connectivity index (χ3n) is 17.0. The molecule has 0 fully saturated rings. The van der Waals surface area contributed by atoms with Gasteiger partial charge < -0.3 is 19.4 Å². The highest BCUT2D eigenvalue weighted by atomic mass is 31.2. The Morgan fingerprint density at radius 1 is 0.407 bits per heavy atom. The van der Waals surface area contributed by atoms with Crippen molar-refractivity contribution in [1.82, 2.24) is 5.32 Å². The minimum Gasteiger partial charge on any atom is -0.456 e. The monoisotopic (exact) mass is 1230 g/mol. The van der Waals surface area contributed by atoms with E-state index < -0.39 is 20.0 Å². The van der Waals surface area contributed by atoms with Gasteiger partial charge in [-0.3, -0.25) is 18.6 Å². The highest BCUT2D eigenvalue weighted by Gasteiger charge is 2.30. The minimum atomic E-state index is -4.46. The fourth-order valence-corrected chi connectivity index (χ4v) is 12.0. The van der Waals surface area contributed by atoms with Crippen molar-refractivity contribution in [3.05, 3.63) is 48.6 Å². The van der Waals surface area contributed by atoms with Crippen LogP contribution in [0.3, 0.4) is 0 Å². The number of quaternary nitrogens is 1. The van der Waals surface area contributed by atoms with Crippen LogP contribution in [0.25, 0.3) is 0 Å². The summed E-state index contributed by atoms with van der Waals surface area (Å²) in [5.41, 5.74) is 0. The molecule has 0 aromatic rings. The molecule has 0 aromatic heterocycles. The number of nitrogens with zero attached hydrogens (tertiary/aromatic N) is 1. The first-order chi connectivity index (χ1) is 41.9. The highest BCUT2D eigenvalue weighted by Crippen LogP contribution is 2.43. The van der Waals surface area contributed by atoms with Gasteiger partial charge in [0.2, 0.25) is 5.91 Å². The van der Waals surface area contributed by atoms with Gasteiger partial charge in [-0.2, -0.15) is 0 Å².